The molecule has 0 spiro atoms. The second-order valence-corrected chi connectivity index (χ2v) is 6.75. The molecule has 0 fully saturated rings. The van der Waals surface area contributed by atoms with Gasteiger partial charge >= 0.3 is 6.03 Å². The summed E-state index contributed by atoms with van der Waals surface area (Å²) in [6, 6.07) is 4.79. The highest BCUT2D eigenvalue weighted by Crippen LogP contribution is 2.26. The topological polar surface area (TPSA) is 96.0 Å². The van der Waals surface area contributed by atoms with E-state index in [1.807, 2.05) is 13.8 Å². The van der Waals surface area contributed by atoms with Crippen molar-refractivity contribution in [2.24, 2.45) is 5.92 Å². The van der Waals surface area contributed by atoms with Crippen LogP contribution in [0, 0.1) is 11.7 Å². The molecule has 2 rings (SSSR count). The number of hydrogen-bond acceptors (Lipinski definition) is 5. The molecule has 0 saturated heterocycles. The summed E-state index contributed by atoms with van der Waals surface area (Å²) >= 11 is 1.18. The van der Waals surface area contributed by atoms with Crippen molar-refractivity contribution >= 4 is 28.4 Å². The summed E-state index contributed by atoms with van der Waals surface area (Å²) in [6.45, 7) is 6.11. The summed E-state index contributed by atoms with van der Waals surface area (Å²) in [6.07, 6.45) is 0.724. The van der Waals surface area contributed by atoms with E-state index in [9.17, 15) is 14.0 Å². The zero-order chi connectivity index (χ0) is 19.1. The van der Waals surface area contributed by atoms with Gasteiger partial charge in [0.1, 0.15) is 16.9 Å². The lowest BCUT2D eigenvalue weighted by Gasteiger charge is -2.22. The number of amides is 3. The predicted octanol–water partition coefficient (Wildman–Crippen LogP) is 3.02. The van der Waals surface area contributed by atoms with E-state index in [0.717, 1.165) is 6.42 Å². The molecule has 0 saturated carbocycles. The normalized spacial score (nSPS) is 12.9. The van der Waals surface area contributed by atoms with Crippen molar-refractivity contribution < 1.29 is 14.0 Å². The first-order valence-corrected chi connectivity index (χ1v) is 9.20. The van der Waals surface area contributed by atoms with Gasteiger partial charge in [-0.05, 0) is 37.1 Å². The number of halogens is 1. The summed E-state index contributed by atoms with van der Waals surface area (Å²) in [7, 11) is 0. The third-order valence-electron chi connectivity index (χ3n) is 3.87. The maximum atomic E-state index is 13.0. The predicted molar refractivity (Wildman–Crippen MR) is 99.4 cm³/mol. The zero-order valence-corrected chi connectivity index (χ0v) is 15.7. The first kappa shape index (κ1) is 19.8. The van der Waals surface area contributed by atoms with Crippen LogP contribution < -0.4 is 16.0 Å². The molecule has 9 heteroatoms. The molecule has 1 aromatic carbocycles. The molecule has 7 nitrogen and oxygen atoms in total. The van der Waals surface area contributed by atoms with E-state index >= 15 is 0 Å². The SMILES string of the molecule is CCNC(=O)N[C@@H](C(=O)Nc1nnc(-c2ccc(F)cc2)s1)[C@H](C)CC. The number of nitrogens with zero attached hydrogens (tertiary/aromatic N) is 2. The van der Waals surface area contributed by atoms with Crippen molar-refractivity contribution in [1.82, 2.24) is 20.8 Å². The van der Waals surface area contributed by atoms with Crippen LogP contribution in [0.4, 0.5) is 14.3 Å². The Hall–Kier alpha value is -2.55. The largest absolute Gasteiger partial charge is 0.338 e. The Balaban J connectivity index is 2.08. The van der Waals surface area contributed by atoms with Crippen molar-refractivity contribution in [1.29, 1.82) is 0 Å². The highest BCUT2D eigenvalue weighted by Gasteiger charge is 2.26. The molecule has 2 atom stereocenters. The highest BCUT2D eigenvalue weighted by molar-refractivity contribution is 7.18. The number of anilines is 1. The van der Waals surface area contributed by atoms with Crippen LogP contribution in [-0.2, 0) is 4.79 Å². The fraction of sp³-hybridized carbons (Fsp3) is 0.412. The summed E-state index contributed by atoms with van der Waals surface area (Å²) < 4.78 is 13.0. The quantitative estimate of drug-likeness (QED) is 0.689. The molecule has 0 aliphatic rings. The summed E-state index contributed by atoms with van der Waals surface area (Å²) in [5.41, 5.74) is 0.711. The minimum absolute atomic E-state index is 0.0536. The van der Waals surface area contributed by atoms with Gasteiger partial charge in [-0.15, -0.1) is 10.2 Å². The monoisotopic (exact) mass is 379 g/mol. The van der Waals surface area contributed by atoms with E-state index in [4.69, 9.17) is 0 Å². The van der Waals surface area contributed by atoms with Crippen LogP contribution in [0.25, 0.3) is 10.6 Å². The molecule has 1 aromatic heterocycles. The molecule has 0 unspecified atom stereocenters. The molecule has 3 amide bonds. The van der Waals surface area contributed by atoms with Gasteiger partial charge in [-0.25, -0.2) is 9.18 Å². The number of aromatic nitrogens is 2. The van der Waals surface area contributed by atoms with Crippen LogP contribution in [0.1, 0.15) is 27.2 Å². The lowest BCUT2D eigenvalue weighted by atomic mass is 9.98. The standard InChI is InChI=1S/C17H22FN5O2S/c1-4-10(3)13(20-16(25)19-5-2)14(24)21-17-23-22-15(26-17)11-6-8-12(18)9-7-11/h6-10,13H,4-5H2,1-3H3,(H2,19,20,25)(H,21,23,24)/t10-,13-/m1/s1. The number of carbonyl (C=O) groups is 2. The molecule has 0 aliphatic carbocycles. The Bertz CT molecular complexity index is 750. The molecule has 1 heterocycles. The van der Waals surface area contributed by atoms with E-state index in [0.29, 0.717) is 22.2 Å². The Kier molecular flexibility index (Phi) is 7.02. The number of nitrogens with one attached hydrogen (secondary N) is 3. The molecular formula is C17H22FN5O2S. The fourth-order valence-electron chi connectivity index (χ4n) is 2.22. The van der Waals surface area contributed by atoms with Gasteiger partial charge in [-0.2, -0.15) is 0 Å². The Morgan fingerprint density at radius 2 is 1.88 bits per heavy atom. The lowest BCUT2D eigenvalue weighted by molar-refractivity contribution is -0.119. The van der Waals surface area contributed by atoms with Crippen molar-refractivity contribution in [3.63, 3.8) is 0 Å². The summed E-state index contributed by atoms with van der Waals surface area (Å²) in [4.78, 5) is 24.4. The van der Waals surface area contributed by atoms with Gasteiger partial charge in [0.2, 0.25) is 11.0 Å². The van der Waals surface area contributed by atoms with E-state index in [1.54, 1.807) is 19.1 Å². The van der Waals surface area contributed by atoms with Gasteiger partial charge in [0.15, 0.2) is 0 Å². The number of rotatable bonds is 7. The second kappa shape index (κ2) is 9.23. The van der Waals surface area contributed by atoms with E-state index in [2.05, 4.69) is 26.1 Å². The van der Waals surface area contributed by atoms with Gasteiger partial charge in [0, 0.05) is 12.1 Å². The molecule has 0 radical (unpaired) electrons. The van der Waals surface area contributed by atoms with E-state index in [-0.39, 0.29) is 17.6 Å². The lowest BCUT2D eigenvalue weighted by Crippen LogP contribution is -2.51. The van der Waals surface area contributed by atoms with Crippen molar-refractivity contribution in [2.45, 2.75) is 33.2 Å². The van der Waals surface area contributed by atoms with Gasteiger partial charge in [0.25, 0.3) is 0 Å². The first-order chi connectivity index (χ1) is 12.4. The minimum atomic E-state index is -0.690. The smallest absolute Gasteiger partial charge is 0.315 e. The Morgan fingerprint density at radius 3 is 2.50 bits per heavy atom. The third kappa shape index (κ3) is 5.22. The van der Waals surface area contributed by atoms with Gasteiger partial charge in [0.05, 0.1) is 0 Å². The maximum absolute atomic E-state index is 13.0. The van der Waals surface area contributed by atoms with Gasteiger partial charge in [-0.3, -0.25) is 10.1 Å². The van der Waals surface area contributed by atoms with Crippen molar-refractivity contribution in [2.75, 3.05) is 11.9 Å². The molecule has 140 valence electrons. The van der Waals surface area contributed by atoms with Crippen molar-refractivity contribution in [3.8, 4) is 10.6 Å². The summed E-state index contributed by atoms with van der Waals surface area (Å²) in [5, 5.41) is 16.9. The number of urea groups is 1. The molecule has 0 aliphatic heterocycles. The third-order valence-corrected chi connectivity index (χ3v) is 4.75. The molecule has 26 heavy (non-hydrogen) atoms. The maximum Gasteiger partial charge on any atom is 0.315 e. The highest BCUT2D eigenvalue weighted by atomic mass is 32.1. The van der Waals surface area contributed by atoms with Crippen LogP contribution in [0.3, 0.4) is 0 Å². The van der Waals surface area contributed by atoms with E-state index < -0.39 is 12.1 Å². The van der Waals surface area contributed by atoms with Crippen LogP contribution in [-0.4, -0.2) is 34.7 Å². The second-order valence-electron chi connectivity index (χ2n) is 5.78. The minimum Gasteiger partial charge on any atom is -0.338 e. The Morgan fingerprint density at radius 1 is 1.19 bits per heavy atom. The van der Waals surface area contributed by atoms with Gasteiger partial charge in [-0.1, -0.05) is 31.6 Å². The Labute approximate surface area is 155 Å². The number of carbonyl (C=O) groups excluding carboxylic acids is 2. The fourth-order valence-corrected chi connectivity index (χ4v) is 2.97. The number of hydrogen-bond donors (Lipinski definition) is 3. The van der Waals surface area contributed by atoms with Crippen LogP contribution >= 0.6 is 11.3 Å². The molecule has 2 aromatic rings. The molecule has 3 N–H and O–H groups in total. The van der Waals surface area contributed by atoms with Crippen LogP contribution in [0.15, 0.2) is 24.3 Å². The summed E-state index contributed by atoms with van der Waals surface area (Å²) in [5.74, 6) is -0.742. The van der Waals surface area contributed by atoms with Crippen molar-refractivity contribution in [3.05, 3.63) is 30.1 Å². The average Bonchev–Trinajstić information content (AvgIpc) is 3.08. The number of benzene rings is 1. The molecular weight excluding hydrogens is 357 g/mol. The average molecular weight is 379 g/mol. The van der Waals surface area contributed by atoms with E-state index in [1.165, 1.54) is 23.5 Å². The zero-order valence-electron chi connectivity index (χ0n) is 14.9. The van der Waals surface area contributed by atoms with Crippen LogP contribution in [0.2, 0.25) is 0 Å². The van der Waals surface area contributed by atoms with Crippen LogP contribution in [0.5, 0.6) is 0 Å². The first-order valence-electron chi connectivity index (χ1n) is 8.39. The molecule has 0 bridgehead atoms. The van der Waals surface area contributed by atoms with Gasteiger partial charge < -0.3 is 10.6 Å².